The Hall–Kier alpha value is -0.610. The van der Waals surface area contributed by atoms with Crippen molar-refractivity contribution in [3.63, 3.8) is 0 Å². The SMILES string of the molecule is CCCC(=O)OOC(C)OCC. The molecule has 0 aliphatic heterocycles. The summed E-state index contributed by atoms with van der Waals surface area (Å²) in [5.41, 5.74) is 0. The van der Waals surface area contributed by atoms with Crippen LogP contribution >= 0.6 is 0 Å². The number of ether oxygens (including phenoxy) is 1. The average molecular weight is 176 g/mol. The highest BCUT2D eigenvalue weighted by Crippen LogP contribution is 1.97. The van der Waals surface area contributed by atoms with Crippen molar-refractivity contribution >= 4 is 5.97 Å². The van der Waals surface area contributed by atoms with E-state index in [4.69, 9.17) is 4.74 Å². The smallest absolute Gasteiger partial charge is 0.342 e. The standard InChI is InChI=1S/C8H16O4/c1-4-6-8(9)12-11-7(3)10-5-2/h7H,4-6H2,1-3H3. The normalized spacial score (nSPS) is 12.6. The van der Waals surface area contributed by atoms with Gasteiger partial charge in [-0.2, -0.15) is 4.89 Å². The van der Waals surface area contributed by atoms with Crippen LogP contribution in [0.5, 0.6) is 0 Å². The highest BCUT2D eigenvalue weighted by molar-refractivity contribution is 5.68. The number of hydrogen-bond acceptors (Lipinski definition) is 4. The van der Waals surface area contributed by atoms with Gasteiger partial charge >= 0.3 is 5.97 Å². The molecule has 0 radical (unpaired) electrons. The van der Waals surface area contributed by atoms with E-state index in [9.17, 15) is 4.79 Å². The first-order chi connectivity index (χ1) is 5.70. The van der Waals surface area contributed by atoms with Crippen LogP contribution in [0, 0.1) is 0 Å². The molecule has 0 aliphatic rings. The molecule has 0 saturated carbocycles. The Labute approximate surface area is 72.7 Å². The van der Waals surface area contributed by atoms with Gasteiger partial charge < -0.3 is 4.74 Å². The molecule has 0 fully saturated rings. The highest BCUT2D eigenvalue weighted by atomic mass is 17.2. The van der Waals surface area contributed by atoms with Crippen molar-refractivity contribution in [2.24, 2.45) is 0 Å². The molecule has 0 aliphatic carbocycles. The van der Waals surface area contributed by atoms with Crippen molar-refractivity contribution in [3.8, 4) is 0 Å². The maximum absolute atomic E-state index is 10.7. The number of rotatable bonds is 6. The van der Waals surface area contributed by atoms with Gasteiger partial charge in [0.1, 0.15) is 0 Å². The summed E-state index contributed by atoms with van der Waals surface area (Å²) in [5.74, 6) is -0.357. The molecule has 4 nitrogen and oxygen atoms in total. The largest absolute Gasteiger partial charge is 0.349 e. The first-order valence-electron chi connectivity index (χ1n) is 4.18. The van der Waals surface area contributed by atoms with Crippen LogP contribution in [0.3, 0.4) is 0 Å². The Balaban J connectivity index is 3.33. The van der Waals surface area contributed by atoms with E-state index in [1.807, 2.05) is 13.8 Å². The van der Waals surface area contributed by atoms with Crippen LogP contribution in [0.15, 0.2) is 0 Å². The third-order valence-electron chi connectivity index (χ3n) is 1.13. The fourth-order valence-corrected chi connectivity index (χ4v) is 0.630. The predicted molar refractivity (Wildman–Crippen MR) is 43.2 cm³/mol. The molecule has 0 saturated heterocycles. The molecular weight excluding hydrogens is 160 g/mol. The molecule has 0 spiro atoms. The van der Waals surface area contributed by atoms with Gasteiger partial charge in [0.15, 0.2) is 6.29 Å². The van der Waals surface area contributed by atoms with E-state index in [1.54, 1.807) is 6.92 Å². The molecular formula is C8H16O4. The quantitative estimate of drug-likeness (QED) is 0.350. The molecule has 0 heterocycles. The number of hydrogen-bond donors (Lipinski definition) is 0. The second-order valence-corrected chi connectivity index (χ2v) is 2.32. The number of carbonyl (C=O) groups excluding carboxylic acids is 1. The zero-order valence-corrected chi connectivity index (χ0v) is 7.83. The second-order valence-electron chi connectivity index (χ2n) is 2.32. The van der Waals surface area contributed by atoms with Gasteiger partial charge in [0.05, 0.1) is 0 Å². The molecule has 0 aromatic rings. The average Bonchev–Trinajstić information content (AvgIpc) is 2.02. The Kier molecular flexibility index (Phi) is 6.70. The van der Waals surface area contributed by atoms with Gasteiger partial charge in [-0.15, -0.1) is 0 Å². The van der Waals surface area contributed by atoms with E-state index < -0.39 is 6.29 Å². The Bertz CT molecular complexity index is 124. The maximum atomic E-state index is 10.7. The van der Waals surface area contributed by atoms with Gasteiger partial charge in [-0.25, -0.2) is 4.79 Å². The summed E-state index contributed by atoms with van der Waals surface area (Å²) >= 11 is 0. The Morgan fingerprint density at radius 3 is 2.58 bits per heavy atom. The molecule has 0 amide bonds. The maximum Gasteiger partial charge on any atom is 0.342 e. The Morgan fingerprint density at radius 1 is 1.42 bits per heavy atom. The van der Waals surface area contributed by atoms with Crippen LogP contribution in [0.2, 0.25) is 0 Å². The Morgan fingerprint density at radius 2 is 2.08 bits per heavy atom. The fourth-order valence-electron chi connectivity index (χ4n) is 0.630. The van der Waals surface area contributed by atoms with Crippen molar-refractivity contribution in [3.05, 3.63) is 0 Å². The molecule has 1 unspecified atom stereocenters. The van der Waals surface area contributed by atoms with E-state index in [0.29, 0.717) is 13.0 Å². The van der Waals surface area contributed by atoms with Gasteiger partial charge in [-0.3, -0.25) is 4.89 Å². The van der Waals surface area contributed by atoms with Gasteiger partial charge in [0.2, 0.25) is 0 Å². The summed E-state index contributed by atoms with van der Waals surface area (Å²) in [6.45, 7) is 5.94. The molecule has 72 valence electrons. The third-order valence-corrected chi connectivity index (χ3v) is 1.13. The summed E-state index contributed by atoms with van der Waals surface area (Å²) in [6, 6.07) is 0. The fraction of sp³-hybridized carbons (Fsp3) is 0.875. The lowest BCUT2D eigenvalue weighted by Crippen LogP contribution is -2.16. The van der Waals surface area contributed by atoms with E-state index in [-0.39, 0.29) is 5.97 Å². The minimum Gasteiger partial charge on any atom is -0.349 e. The minimum atomic E-state index is -0.490. The zero-order chi connectivity index (χ0) is 9.40. The van der Waals surface area contributed by atoms with Crippen molar-refractivity contribution in [1.82, 2.24) is 0 Å². The first-order valence-corrected chi connectivity index (χ1v) is 4.18. The topological polar surface area (TPSA) is 44.8 Å². The molecule has 0 aromatic heterocycles. The minimum absolute atomic E-state index is 0.357. The summed E-state index contributed by atoms with van der Waals surface area (Å²) < 4.78 is 4.97. The summed E-state index contributed by atoms with van der Waals surface area (Å²) in [7, 11) is 0. The molecule has 0 bridgehead atoms. The van der Waals surface area contributed by atoms with E-state index in [2.05, 4.69) is 9.78 Å². The van der Waals surface area contributed by atoms with Crippen LogP contribution in [0.25, 0.3) is 0 Å². The van der Waals surface area contributed by atoms with Crippen molar-refractivity contribution in [2.75, 3.05) is 6.61 Å². The van der Waals surface area contributed by atoms with Crippen molar-refractivity contribution < 1.29 is 19.3 Å². The monoisotopic (exact) mass is 176 g/mol. The lowest BCUT2D eigenvalue weighted by molar-refractivity contribution is -0.346. The van der Waals surface area contributed by atoms with Crippen LogP contribution in [-0.4, -0.2) is 18.9 Å². The van der Waals surface area contributed by atoms with Crippen LogP contribution in [0.1, 0.15) is 33.6 Å². The zero-order valence-electron chi connectivity index (χ0n) is 7.83. The van der Waals surface area contributed by atoms with Crippen LogP contribution in [0.4, 0.5) is 0 Å². The van der Waals surface area contributed by atoms with E-state index >= 15 is 0 Å². The lowest BCUT2D eigenvalue weighted by Gasteiger charge is -2.10. The summed E-state index contributed by atoms with van der Waals surface area (Å²) in [4.78, 5) is 19.8. The van der Waals surface area contributed by atoms with E-state index in [1.165, 1.54) is 0 Å². The third kappa shape index (κ3) is 6.12. The summed E-state index contributed by atoms with van der Waals surface area (Å²) in [5, 5.41) is 0. The highest BCUT2D eigenvalue weighted by Gasteiger charge is 2.06. The molecule has 4 heteroatoms. The first kappa shape index (κ1) is 11.4. The molecule has 0 rings (SSSR count). The van der Waals surface area contributed by atoms with Crippen LogP contribution < -0.4 is 0 Å². The number of carbonyl (C=O) groups is 1. The van der Waals surface area contributed by atoms with Gasteiger partial charge in [-0.1, -0.05) is 6.92 Å². The van der Waals surface area contributed by atoms with Crippen molar-refractivity contribution in [2.45, 2.75) is 39.9 Å². The second kappa shape index (κ2) is 7.06. The molecule has 0 aromatic carbocycles. The summed E-state index contributed by atoms with van der Waals surface area (Å²) in [6.07, 6.45) is 0.639. The van der Waals surface area contributed by atoms with Gasteiger partial charge in [0.25, 0.3) is 0 Å². The predicted octanol–water partition coefficient (Wildman–Crippen LogP) is 1.64. The lowest BCUT2D eigenvalue weighted by atomic mass is 10.3. The molecule has 1 atom stereocenters. The van der Waals surface area contributed by atoms with Crippen LogP contribution in [-0.2, 0) is 19.3 Å². The van der Waals surface area contributed by atoms with Gasteiger partial charge in [-0.05, 0) is 20.3 Å². The molecule has 0 N–H and O–H groups in total. The van der Waals surface area contributed by atoms with E-state index in [0.717, 1.165) is 6.42 Å². The van der Waals surface area contributed by atoms with Crippen molar-refractivity contribution in [1.29, 1.82) is 0 Å². The molecule has 12 heavy (non-hydrogen) atoms. The van der Waals surface area contributed by atoms with Gasteiger partial charge in [0, 0.05) is 13.0 Å².